The first-order chi connectivity index (χ1) is 8.42. The van der Waals surface area contributed by atoms with Gasteiger partial charge in [0.2, 0.25) is 0 Å². The van der Waals surface area contributed by atoms with Crippen LogP contribution in [0.15, 0.2) is 0 Å². The molecular weight excluding hydrogens is 396 g/mol. The van der Waals surface area contributed by atoms with Crippen LogP contribution in [0.1, 0.15) is 0 Å². The van der Waals surface area contributed by atoms with Gasteiger partial charge in [0.1, 0.15) is 0 Å². The summed E-state index contributed by atoms with van der Waals surface area (Å²) in [5, 5.41) is 0. The molecule has 0 heterocycles. The van der Waals surface area contributed by atoms with Crippen LogP contribution in [-0.2, 0) is 45.4 Å². The van der Waals surface area contributed by atoms with Gasteiger partial charge in [0.05, 0.1) is 0 Å². The zero-order valence-corrected chi connectivity index (χ0v) is 15.1. The molecule has 0 aromatic heterocycles. The van der Waals surface area contributed by atoms with Crippen molar-refractivity contribution >= 4 is 32.6 Å². The fourth-order valence-corrected chi connectivity index (χ4v) is 1.34. The monoisotopic (exact) mass is 414 g/mol. The second-order valence-electron chi connectivity index (χ2n) is 1.75. The third kappa shape index (κ3) is 25.9. The van der Waals surface area contributed by atoms with Crippen LogP contribution in [0.3, 0.4) is 0 Å². The summed E-state index contributed by atoms with van der Waals surface area (Å²) in [6, 6.07) is 0. The Morgan fingerprint density at radius 3 is 0.889 bits per heavy atom. The molecule has 18 heavy (non-hydrogen) atoms. The van der Waals surface area contributed by atoms with Crippen LogP contribution in [0, 0.1) is 0 Å². The average molecular weight is 415 g/mol. The summed E-state index contributed by atoms with van der Waals surface area (Å²) >= 11 is 6.53. The summed E-state index contributed by atoms with van der Waals surface area (Å²) in [5.74, 6) is 0. The van der Waals surface area contributed by atoms with E-state index in [0.29, 0.717) is 0 Å². The molecule has 7 nitrogen and oxygen atoms in total. The summed E-state index contributed by atoms with van der Waals surface area (Å²) in [4.78, 5) is 9.16. The minimum atomic E-state index is -1.05. The molecule has 0 spiro atoms. The number of hydrogen-bond donors (Lipinski definition) is 0. The van der Waals surface area contributed by atoms with Crippen molar-refractivity contribution in [2.45, 2.75) is 0 Å². The summed E-state index contributed by atoms with van der Waals surface area (Å²) in [7, 11) is 7.13. The molecule has 0 aliphatic carbocycles. The topological polar surface area (TPSA) is 72.5 Å². The Labute approximate surface area is 125 Å². The Kier molecular flexibility index (Phi) is 27.6. The zero-order chi connectivity index (χ0) is 15.0. The van der Waals surface area contributed by atoms with Gasteiger partial charge < -0.3 is 27.1 Å². The van der Waals surface area contributed by atoms with Crippen LogP contribution in [0.25, 0.3) is 0 Å². The minimum absolute atomic E-state index is 0.471. The van der Waals surface area contributed by atoms with Gasteiger partial charge in [0.25, 0.3) is 0 Å². The van der Waals surface area contributed by atoms with Crippen molar-refractivity contribution in [3.8, 4) is 0 Å². The van der Waals surface area contributed by atoms with E-state index in [1.807, 2.05) is 18.3 Å². The summed E-state index contributed by atoms with van der Waals surface area (Å²) in [6.45, 7) is 0. The fraction of sp³-hybridized carbons (Fsp3) is 0.857. The van der Waals surface area contributed by atoms with E-state index < -0.39 is 21.0 Å². The van der Waals surface area contributed by atoms with Crippen molar-refractivity contribution in [1.29, 1.82) is 0 Å². The summed E-state index contributed by atoms with van der Waals surface area (Å²) < 4.78 is 27.5. The predicted octanol–water partition coefficient (Wildman–Crippen LogP) is 3.20. The Balaban J connectivity index is -0.000000196. The van der Waals surface area contributed by atoms with E-state index >= 15 is 0 Å². The average Bonchev–Trinajstić information content (AvgIpc) is 2.34. The first-order valence-corrected chi connectivity index (χ1v) is 7.49. The van der Waals surface area contributed by atoms with Crippen LogP contribution in [0.5, 0.6) is 0 Å². The molecule has 0 amide bonds. The molecule has 114 valence electrons. The van der Waals surface area contributed by atoms with Crippen LogP contribution in [0.4, 0.5) is 4.79 Å². The van der Waals surface area contributed by atoms with E-state index in [1.165, 1.54) is 0 Å². The van der Waals surface area contributed by atoms with Gasteiger partial charge in [-0.15, -0.1) is 0 Å². The summed E-state index contributed by atoms with van der Waals surface area (Å²) in [5.41, 5.74) is 0. The first kappa shape index (κ1) is 24.2. The third-order valence-corrected chi connectivity index (χ3v) is 2.68. The fourth-order valence-electron chi connectivity index (χ4n) is 0.447. The van der Waals surface area contributed by atoms with Gasteiger partial charge in [0.15, 0.2) is 0 Å². The number of halogens is 1. The van der Waals surface area contributed by atoms with Gasteiger partial charge in [0, 0.05) is 42.7 Å². The van der Waals surface area contributed by atoms with Crippen molar-refractivity contribution in [1.82, 2.24) is 0 Å². The number of carbonyl (C=O) groups excluding carboxylic acids is 1. The van der Waals surface area contributed by atoms with Crippen molar-refractivity contribution < 1.29 is 50.2 Å². The van der Waals surface area contributed by atoms with Gasteiger partial charge in [-0.3, -0.25) is 0 Å². The third-order valence-electron chi connectivity index (χ3n) is 0.894. The number of hydrogen-bond acceptors (Lipinski definition) is 7. The van der Waals surface area contributed by atoms with E-state index in [9.17, 15) is 0 Å². The number of rotatable bonds is 6. The second kappa shape index (κ2) is 20.5. The Morgan fingerprint density at radius 1 is 0.778 bits per heavy atom. The zero-order valence-electron chi connectivity index (χ0n) is 11.0. The van der Waals surface area contributed by atoms with Gasteiger partial charge >= 0.3 is 55.7 Å². The molecule has 0 saturated carbocycles. The number of carbonyl (C=O) groups is 1. The summed E-state index contributed by atoms with van der Waals surface area (Å²) in [6.07, 6.45) is 0. The Hall–Kier alpha value is 1.20. The quantitative estimate of drug-likeness (QED) is 0.375. The molecule has 0 fully saturated rings. The standard InChI is InChI=1S/2C3H9O3P.CClO.Rh/c2*1-4-7(5-2)6-3;2-1-3;/h2*1-3H3;;. The van der Waals surface area contributed by atoms with Crippen LogP contribution in [0.2, 0.25) is 0 Å². The molecule has 0 aromatic rings. The second-order valence-corrected chi connectivity index (χ2v) is 6.38. The maximum absolute atomic E-state index is 9.16. The van der Waals surface area contributed by atoms with Crippen molar-refractivity contribution in [2.24, 2.45) is 0 Å². The molecule has 0 aromatic carbocycles. The van der Waals surface area contributed by atoms with E-state index in [-0.39, 0.29) is 0 Å². The predicted molar refractivity (Wildman–Crippen MR) is 67.1 cm³/mol. The van der Waals surface area contributed by atoms with E-state index in [2.05, 4.69) is 38.7 Å². The Bertz CT molecular complexity index is 145. The first-order valence-electron chi connectivity index (χ1n) is 4.10. The SMILES string of the molecule is COP(OC)OC.COP(OC)OC.O=[C](Cl)[Rh]. The van der Waals surface area contributed by atoms with Crippen molar-refractivity contribution in [3.05, 3.63) is 0 Å². The molecular formula is C7H18ClO7P2Rh. The Morgan fingerprint density at radius 2 is 0.889 bits per heavy atom. The van der Waals surface area contributed by atoms with Crippen molar-refractivity contribution in [2.75, 3.05) is 42.7 Å². The van der Waals surface area contributed by atoms with Crippen LogP contribution >= 0.6 is 28.8 Å². The molecule has 11 heteroatoms. The van der Waals surface area contributed by atoms with Crippen LogP contribution in [-0.4, -0.2) is 46.5 Å². The molecule has 0 saturated heterocycles. The van der Waals surface area contributed by atoms with E-state index in [1.54, 1.807) is 42.7 Å². The van der Waals surface area contributed by atoms with Gasteiger partial charge in [-0.25, -0.2) is 0 Å². The molecule has 0 bridgehead atoms. The molecule has 0 rings (SSSR count). The molecule has 0 unspecified atom stereocenters. The van der Waals surface area contributed by atoms with E-state index in [0.717, 1.165) is 0 Å². The molecule has 0 atom stereocenters. The molecule has 0 aliphatic rings. The van der Waals surface area contributed by atoms with Gasteiger partial charge in [-0.2, -0.15) is 0 Å². The molecule has 0 N–H and O–H groups in total. The van der Waals surface area contributed by atoms with Crippen LogP contribution < -0.4 is 0 Å². The normalized spacial score (nSPS) is 9.50. The van der Waals surface area contributed by atoms with E-state index in [4.69, 9.17) is 4.79 Å². The molecule has 0 aliphatic heterocycles. The van der Waals surface area contributed by atoms with Gasteiger partial charge in [-0.1, -0.05) is 0 Å². The molecule has 0 radical (unpaired) electrons. The maximum atomic E-state index is 9.16. The van der Waals surface area contributed by atoms with Gasteiger partial charge in [-0.05, 0) is 0 Å². The van der Waals surface area contributed by atoms with Crippen molar-refractivity contribution in [3.63, 3.8) is 0 Å².